The second-order valence-electron chi connectivity index (χ2n) is 5.21. The number of benzene rings is 1. The fourth-order valence-electron chi connectivity index (χ4n) is 2.90. The molecule has 1 aliphatic heterocycles. The van der Waals surface area contributed by atoms with Crippen LogP contribution in [0, 0.1) is 11.3 Å². The fourth-order valence-corrected chi connectivity index (χ4v) is 2.90. The quantitative estimate of drug-likeness (QED) is 0.819. The zero-order chi connectivity index (χ0) is 15.7. The Morgan fingerprint density at radius 1 is 1.27 bits per heavy atom. The van der Waals surface area contributed by atoms with Gasteiger partial charge < -0.3 is 9.32 Å². The van der Waals surface area contributed by atoms with Gasteiger partial charge in [-0.1, -0.05) is 0 Å². The molecule has 0 bridgehead atoms. The monoisotopic (exact) mass is 306 g/mol. The molecule has 1 atom stereocenters. The minimum atomic E-state index is -4.54. The summed E-state index contributed by atoms with van der Waals surface area (Å²) in [5.41, 5.74) is -0.784. The van der Waals surface area contributed by atoms with Crippen molar-refractivity contribution in [2.45, 2.75) is 25.1 Å². The van der Waals surface area contributed by atoms with E-state index in [2.05, 4.69) is 0 Å². The summed E-state index contributed by atoms with van der Waals surface area (Å²) in [4.78, 5) is 1.90. The molecule has 22 heavy (non-hydrogen) atoms. The number of alkyl halides is 3. The molecule has 0 aliphatic carbocycles. The minimum Gasteiger partial charge on any atom is -0.467 e. The van der Waals surface area contributed by atoms with E-state index in [9.17, 15) is 13.2 Å². The predicted molar refractivity (Wildman–Crippen MR) is 74.2 cm³/mol. The SMILES string of the molecule is N#Cc1ccc(N2CCC[C@@H]2c2ccco2)cc1C(F)(F)F. The number of nitrogens with zero attached hydrogens (tertiary/aromatic N) is 2. The number of furan rings is 1. The third-order valence-electron chi connectivity index (χ3n) is 3.89. The summed E-state index contributed by atoms with van der Waals surface area (Å²) in [6.07, 6.45) is -1.27. The lowest BCUT2D eigenvalue weighted by Crippen LogP contribution is -2.23. The molecule has 2 heterocycles. The summed E-state index contributed by atoms with van der Waals surface area (Å²) in [5, 5.41) is 8.86. The maximum Gasteiger partial charge on any atom is 0.417 e. The number of anilines is 1. The molecule has 0 radical (unpaired) electrons. The highest BCUT2D eigenvalue weighted by Gasteiger charge is 2.35. The average molecular weight is 306 g/mol. The van der Waals surface area contributed by atoms with Crippen molar-refractivity contribution in [2.75, 3.05) is 11.4 Å². The highest BCUT2D eigenvalue weighted by atomic mass is 19.4. The molecule has 114 valence electrons. The van der Waals surface area contributed by atoms with Gasteiger partial charge in [0.2, 0.25) is 0 Å². The topological polar surface area (TPSA) is 40.2 Å². The molecule has 1 aromatic carbocycles. The van der Waals surface area contributed by atoms with Gasteiger partial charge in [-0.2, -0.15) is 18.4 Å². The summed E-state index contributed by atoms with van der Waals surface area (Å²) in [5.74, 6) is 0.746. The number of nitriles is 1. The van der Waals surface area contributed by atoms with Crippen molar-refractivity contribution >= 4 is 5.69 Å². The summed E-state index contributed by atoms with van der Waals surface area (Å²) in [7, 11) is 0. The van der Waals surface area contributed by atoms with Crippen molar-refractivity contribution in [1.29, 1.82) is 5.26 Å². The molecule has 1 saturated heterocycles. The molecule has 0 N–H and O–H groups in total. The Hall–Kier alpha value is -2.42. The summed E-state index contributed by atoms with van der Waals surface area (Å²) >= 11 is 0. The first-order chi connectivity index (χ1) is 10.5. The van der Waals surface area contributed by atoms with Crippen LogP contribution in [0.5, 0.6) is 0 Å². The van der Waals surface area contributed by atoms with Crippen molar-refractivity contribution in [2.24, 2.45) is 0 Å². The minimum absolute atomic E-state index is 0.0657. The lowest BCUT2D eigenvalue weighted by atomic mass is 10.1. The van der Waals surface area contributed by atoms with E-state index in [1.807, 2.05) is 11.0 Å². The number of hydrogen-bond acceptors (Lipinski definition) is 3. The number of halogens is 3. The van der Waals surface area contributed by atoms with Crippen LogP contribution in [0.4, 0.5) is 18.9 Å². The van der Waals surface area contributed by atoms with Gasteiger partial charge in [0.25, 0.3) is 0 Å². The van der Waals surface area contributed by atoms with Crippen LogP contribution < -0.4 is 4.90 Å². The van der Waals surface area contributed by atoms with E-state index in [1.165, 1.54) is 6.07 Å². The van der Waals surface area contributed by atoms with Crippen molar-refractivity contribution in [3.05, 3.63) is 53.5 Å². The molecule has 0 amide bonds. The first-order valence-corrected chi connectivity index (χ1v) is 6.92. The average Bonchev–Trinajstić information content (AvgIpc) is 3.16. The molecule has 3 nitrogen and oxygen atoms in total. The van der Waals surface area contributed by atoms with Gasteiger partial charge in [0, 0.05) is 12.2 Å². The summed E-state index contributed by atoms with van der Waals surface area (Å²) in [6, 6.07) is 8.99. The Morgan fingerprint density at radius 3 is 2.73 bits per heavy atom. The largest absolute Gasteiger partial charge is 0.467 e. The van der Waals surface area contributed by atoms with Gasteiger partial charge in [0.1, 0.15) is 5.76 Å². The maximum atomic E-state index is 13.1. The standard InChI is InChI=1S/C16H13F3N2O/c17-16(18,19)13-9-12(6-5-11(13)10-20)21-7-1-3-14(21)15-4-2-8-22-15/h2,4-6,8-9,14H,1,3,7H2/t14-/m1/s1. The molecular weight excluding hydrogens is 293 g/mol. The van der Waals surface area contributed by atoms with Crippen LogP contribution in [-0.4, -0.2) is 6.54 Å². The fraction of sp³-hybridized carbons (Fsp3) is 0.312. The van der Waals surface area contributed by atoms with E-state index >= 15 is 0 Å². The van der Waals surface area contributed by atoms with Gasteiger partial charge in [0.15, 0.2) is 0 Å². The van der Waals surface area contributed by atoms with Crippen molar-refractivity contribution in [3.63, 3.8) is 0 Å². The summed E-state index contributed by atoms with van der Waals surface area (Å²) in [6.45, 7) is 0.661. The Balaban J connectivity index is 2.00. The molecule has 1 aromatic heterocycles. The van der Waals surface area contributed by atoms with Crippen LogP contribution in [0.3, 0.4) is 0 Å². The predicted octanol–water partition coefficient (Wildman–Crippen LogP) is 4.51. The van der Waals surface area contributed by atoms with Crippen LogP contribution >= 0.6 is 0 Å². The molecule has 0 saturated carbocycles. The van der Waals surface area contributed by atoms with Crippen LogP contribution in [-0.2, 0) is 6.18 Å². The van der Waals surface area contributed by atoms with Crippen LogP contribution in [0.15, 0.2) is 41.0 Å². The smallest absolute Gasteiger partial charge is 0.417 e. The summed E-state index contributed by atoms with van der Waals surface area (Å²) < 4.78 is 44.6. The third kappa shape index (κ3) is 2.54. The van der Waals surface area contributed by atoms with E-state index in [0.29, 0.717) is 12.2 Å². The lowest BCUT2D eigenvalue weighted by molar-refractivity contribution is -0.137. The van der Waals surface area contributed by atoms with Crippen LogP contribution in [0.1, 0.15) is 35.8 Å². The molecular formula is C16H13F3N2O. The number of rotatable bonds is 2. The van der Waals surface area contributed by atoms with E-state index in [1.54, 1.807) is 24.5 Å². The van der Waals surface area contributed by atoms with Crippen LogP contribution in [0.2, 0.25) is 0 Å². The van der Waals surface area contributed by atoms with Crippen molar-refractivity contribution < 1.29 is 17.6 Å². The zero-order valence-corrected chi connectivity index (χ0v) is 11.6. The van der Waals surface area contributed by atoms with Gasteiger partial charge in [-0.05, 0) is 43.2 Å². The second kappa shape index (κ2) is 5.41. The van der Waals surface area contributed by atoms with E-state index < -0.39 is 11.7 Å². The maximum absolute atomic E-state index is 13.1. The highest BCUT2D eigenvalue weighted by Crippen LogP contribution is 2.39. The van der Waals surface area contributed by atoms with E-state index in [0.717, 1.165) is 24.7 Å². The van der Waals surface area contributed by atoms with E-state index in [4.69, 9.17) is 9.68 Å². The number of hydrogen-bond donors (Lipinski definition) is 0. The third-order valence-corrected chi connectivity index (χ3v) is 3.89. The lowest BCUT2D eigenvalue weighted by Gasteiger charge is -2.26. The Morgan fingerprint density at radius 2 is 2.09 bits per heavy atom. The first kappa shape index (κ1) is 14.5. The van der Waals surface area contributed by atoms with Gasteiger partial charge in [-0.15, -0.1) is 0 Å². The van der Waals surface area contributed by atoms with Gasteiger partial charge in [-0.3, -0.25) is 0 Å². The van der Waals surface area contributed by atoms with E-state index in [-0.39, 0.29) is 11.6 Å². The first-order valence-electron chi connectivity index (χ1n) is 6.92. The Bertz CT molecular complexity index is 701. The van der Waals surface area contributed by atoms with Crippen molar-refractivity contribution in [3.8, 4) is 6.07 Å². The molecule has 1 aliphatic rings. The van der Waals surface area contributed by atoms with Crippen molar-refractivity contribution in [1.82, 2.24) is 0 Å². The zero-order valence-electron chi connectivity index (χ0n) is 11.6. The Kier molecular flexibility index (Phi) is 3.57. The Labute approximate surface area is 125 Å². The normalized spacial score (nSPS) is 18.5. The molecule has 2 aromatic rings. The second-order valence-corrected chi connectivity index (χ2v) is 5.21. The van der Waals surface area contributed by atoms with Crippen LogP contribution in [0.25, 0.3) is 0 Å². The molecule has 0 unspecified atom stereocenters. The van der Waals surface area contributed by atoms with Gasteiger partial charge in [0.05, 0.1) is 29.5 Å². The van der Waals surface area contributed by atoms with Gasteiger partial charge >= 0.3 is 6.18 Å². The molecule has 3 rings (SSSR count). The molecule has 0 spiro atoms. The highest BCUT2D eigenvalue weighted by molar-refractivity contribution is 5.56. The van der Waals surface area contributed by atoms with Gasteiger partial charge in [-0.25, -0.2) is 0 Å². The molecule has 1 fully saturated rings. The molecule has 6 heteroatoms.